The number of nitrogens with one attached hydrogen (secondary N) is 4. The number of imidazole rings is 1. The third kappa shape index (κ3) is 10.2. The minimum Gasteiger partial charge on any atom is -0.480 e. The summed E-state index contributed by atoms with van der Waals surface area (Å²) in [4.78, 5) is 59.2. The molecule has 0 bridgehead atoms. The van der Waals surface area contributed by atoms with E-state index in [0.29, 0.717) is 12.1 Å². The smallest absolute Gasteiger partial charge is 0.325 e. The van der Waals surface area contributed by atoms with Crippen molar-refractivity contribution in [2.75, 3.05) is 12.3 Å². The number of amides is 3. The normalized spacial score (nSPS) is 14.3. The van der Waals surface area contributed by atoms with Crippen molar-refractivity contribution in [3.8, 4) is 0 Å². The number of hydrogen-bond acceptors (Lipinski definition) is 8. The van der Waals surface area contributed by atoms with Crippen LogP contribution in [0.1, 0.15) is 25.5 Å². The number of carboxylic acid groups (broad SMARTS) is 1. The molecule has 1 aromatic heterocycles. The molecular weight excluding hydrogens is 454 g/mol. The molecule has 184 valence electrons. The third-order valence-corrected chi connectivity index (χ3v) is 4.82. The third-order valence-electron chi connectivity index (χ3n) is 4.45. The molecule has 15 heteroatoms. The van der Waals surface area contributed by atoms with Gasteiger partial charge >= 0.3 is 5.97 Å². The van der Waals surface area contributed by atoms with Crippen LogP contribution in [0.3, 0.4) is 0 Å². The lowest BCUT2D eigenvalue weighted by Crippen LogP contribution is -2.57. The fourth-order valence-corrected chi connectivity index (χ4v) is 2.88. The maximum Gasteiger partial charge on any atom is 0.325 e. The predicted octanol–water partition coefficient (Wildman–Crippen LogP) is -3.18. The second kappa shape index (κ2) is 13.9. The summed E-state index contributed by atoms with van der Waals surface area (Å²) in [6, 6.07) is -4.30. The Kier molecular flexibility index (Phi) is 11.7. The summed E-state index contributed by atoms with van der Waals surface area (Å²) in [6.07, 6.45) is 3.60. The Morgan fingerprint density at radius 2 is 1.79 bits per heavy atom. The van der Waals surface area contributed by atoms with E-state index in [1.807, 2.05) is 0 Å². The number of thiol groups is 1. The van der Waals surface area contributed by atoms with Gasteiger partial charge in [0, 0.05) is 30.6 Å². The molecule has 4 unspecified atom stereocenters. The fraction of sp³-hybridized carbons (Fsp3) is 0.556. The van der Waals surface area contributed by atoms with Gasteiger partial charge in [-0.15, -0.1) is 0 Å². The number of hydrogen-bond donors (Lipinski definition) is 9. The van der Waals surface area contributed by atoms with Gasteiger partial charge in [0.1, 0.15) is 18.1 Å². The van der Waals surface area contributed by atoms with Gasteiger partial charge in [0.05, 0.1) is 12.4 Å². The van der Waals surface area contributed by atoms with Crippen LogP contribution in [0.4, 0.5) is 0 Å². The minimum absolute atomic E-state index is 0.0672. The second-order valence-electron chi connectivity index (χ2n) is 7.21. The highest BCUT2D eigenvalue weighted by Gasteiger charge is 2.28. The summed E-state index contributed by atoms with van der Waals surface area (Å²) < 4.78 is 0. The number of nitrogens with zero attached hydrogens (tertiary/aromatic N) is 2. The first-order chi connectivity index (χ1) is 15.5. The van der Waals surface area contributed by atoms with E-state index in [1.165, 1.54) is 19.4 Å². The van der Waals surface area contributed by atoms with Crippen molar-refractivity contribution in [2.45, 2.75) is 50.4 Å². The van der Waals surface area contributed by atoms with Crippen molar-refractivity contribution >= 4 is 42.3 Å². The summed E-state index contributed by atoms with van der Waals surface area (Å²) >= 11 is 4.10. The Morgan fingerprint density at radius 3 is 2.33 bits per heavy atom. The van der Waals surface area contributed by atoms with Crippen molar-refractivity contribution in [1.29, 1.82) is 0 Å². The van der Waals surface area contributed by atoms with Crippen LogP contribution in [0.5, 0.6) is 0 Å². The quantitative estimate of drug-likeness (QED) is 0.0557. The molecular formula is C18H31N9O5S. The molecule has 0 aliphatic heterocycles. The molecule has 0 spiro atoms. The highest BCUT2D eigenvalue weighted by molar-refractivity contribution is 7.80. The minimum atomic E-state index is -1.24. The standard InChI is InChI=1S/C18H31N9O5S/c1-9(17(31)32)25-15(29)12(3-2-4-23-18(20)21)26-16(30)13(7-33)27-14(28)11(19)5-10-6-22-8-24-10/h6,8-9,11-13,33H,2-5,7,19H2,1H3,(H,22,24)(H,25,29)(H,26,30)(H,27,28)(H,31,32)(H4,20,21,23). The summed E-state index contributed by atoms with van der Waals surface area (Å²) in [7, 11) is 0. The Hall–Kier alpha value is -3.33. The zero-order valence-corrected chi connectivity index (χ0v) is 19.0. The Labute approximate surface area is 195 Å². The van der Waals surface area contributed by atoms with Crippen molar-refractivity contribution in [3.05, 3.63) is 18.2 Å². The lowest BCUT2D eigenvalue weighted by Gasteiger charge is -2.24. The van der Waals surface area contributed by atoms with Gasteiger partial charge in [-0.05, 0) is 19.8 Å². The number of carboxylic acids is 1. The lowest BCUT2D eigenvalue weighted by atomic mass is 10.1. The average molecular weight is 486 g/mol. The van der Waals surface area contributed by atoms with E-state index in [9.17, 15) is 19.2 Å². The highest BCUT2D eigenvalue weighted by atomic mass is 32.1. The Bertz CT molecular complexity index is 829. The first-order valence-corrected chi connectivity index (χ1v) is 10.7. The van der Waals surface area contributed by atoms with E-state index in [4.69, 9.17) is 22.3 Å². The van der Waals surface area contributed by atoms with Crippen molar-refractivity contribution < 1.29 is 24.3 Å². The predicted molar refractivity (Wildman–Crippen MR) is 123 cm³/mol. The number of aromatic amines is 1. The SMILES string of the molecule is CC(NC(=O)C(CCCN=C(N)N)NC(=O)C(CS)NC(=O)C(N)Cc1cnc[nH]1)C(=O)O. The van der Waals surface area contributed by atoms with Crippen LogP contribution in [0.2, 0.25) is 0 Å². The zero-order valence-electron chi connectivity index (χ0n) is 18.2. The van der Waals surface area contributed by atoms with Crippen LogP contribution in [-0.2, 0) is 25.6 Å². The molecule has 0 saturated heterocycles. The fourth-order valence-electron chi connectivity index (χ4n) is 2.62. The molecule has 0 aromatic carbocycles. The van der Waals surface area contributed by atoms with Crippen LogP contribution in [0, 0.1) is 0 Å². The van der Waals surface area contributed by atoms with Gasteiger partial charge in [0.2, 0.25) is 17.7 Å². The number of aliphatic imine (C=N–C) groups is 1. The number of nitrogens with two attached hydrogens (primary N) is 3. The summed E-state index contributed by atoms with van der Waals surface area (Å²) in [5.41, 5.74) is 17.1. The van der Waals surface area contributed by atoms with Crippen LogP contribution in [-0.4, -0.2) is 81.2 Å². The Balaban J connectivity index is 2.78. The molecule has 0 aliphatic rings. The van der Waals surface area contributed by atoms with E-state index in [0.717, 1.165) is 0 Å². The van der Waals surface area contributed by atoms with Gasteiger partial charge in [0.15, 0.2) is 5.96 Å². The van der Waals surface area contributed by atoms with Gasteiger partial charge in [-0.1, -0.05) is 0 Å². The summed E-state index contributed by atoms with van der Waals surface area (Å²) in [5.74, 6) is -3.40. The first kappa shape index (κ1) is 27.7. The maximum atomic E-state index is 12.7. The zero-order chi connectivity index (χ0) is 25.0. The van der Waals surface area contributed by atoms with Crippen molar-refractivity contribution in [2.24, 2.45) is 22.2 Å². The second-order valence-corrected chi connectivity index (χ2v) is 7.57. The van der Waals surface area contributed by atoms with Gasteiger partial charge in [-0.25, -0.2) is 4.98 Å². The number of rotatable bonds is 14. The highest BCUT2D eigenvalue weighted by Crippen LogP contribution is 2.03. The molecule has 1 heterocycles. The Morgan fingerprint density at radius 1 is 1.15 bits per heavy atom. The average Bonchev–Trinajstić information content (AvgIpc) is 3.26. The number of aromatic nitrogens is 2. The van der Waals surface area contributed by atoms with Gasteiger partial charge in [-0.3, -0.25) is 24.2 Å². The van der Waals surface area contributed by atoms with Gasteiger partial charge in [-0.2, -0.15) is 12.6 Å². The molecule has 14 nitrogen and oxygen atoms in total. The topological polar surface area (TPSA) is 244 Å². The number of H-pyrrole nitrogens is 1. The van der Waals surface area contributed by atoms with E-state index < -0.39 is 47.9 Å². The van der Waals surface area contributed by atoms with Crippen LogP contribution >= 0.6 is 12.6 Å². The summed E-state index contributed by atoms with van der Waals surface area (Å²) in [5, 5.41) is 16.3. The molecule has 11 N–H and O–H groups in total. The van der Waals surface area contributed by atoms with Gasteiger partial charge < -0.3 is 43.2 Å². The van der Waals surface area contributed by atoms with E-state index in [1.54, 1.807) is 0 Å². The summed E-state index contributed by atoms with van der Waals surface area (Å²) in [6.45, 7) is 1.49. The molecule has 0 aliphatic carbocycles. The number of carbonyl (C=O) groups excluding carboxylic acids is 3. The van der Waals surface area contributed by atoms with E-state index in [-0.39, 0.29) is 31.1 Å². The number of carbonyl (C=O) groups is 4. The van der Waals surface area contributed by atoms with E-state index >= 15 is 0 Å². The molecule has 0 saturated carbocycles. The largest absolute Gasteiger partial charge is 0.480 e. The molecule has 4 atom stereocenters. The molecule has 33 heavy (non-hydrogen) atoms. The monoisotopic (exact) mass is 485 g/mol. The first-order valence-electron chi connectivity index (χ1n) is 10.1. The number of aliphatic carboxylic acids is 1. The number of guanidine groups is 1. The molecule has 1 aromatic rings. The van der Waals surface area contributed by atoms with Crippen molar-refractivity contribution in [3.63, 3.8) is 0 Å². The molecule has 0 radical (unpaired) electrons. The molecule has 3 amide bonds. The molecule has 0 fully saturated rings. The van der Waals surface area contributed by atoms with Crippen molar-refractivity contribution in [1.82, 2.24) is 25.9 Å². The van der Waals surface area contributed by atoms with Crippen LogP contribution in [0.25, 0.3) is 0 Å². The maximum absolute atomic E-state index is 12.7. The van der Waals surface area contributed by atoms with Gasteiger partial charge in [0.25, 0.3) is 0 Å². The molecule has 1 rings (SSSR count). The van der Waals surface area contributed by atoms with Crippen LogP contribution < -0.4 is 33.2 Å². The van der Waals surface area contributed by atoms with E-state index in [2.05, 4.69) is 43.5 Å². The lowest BCUT2D eigenvalue weighted by molar-refractivity contribution is -0.141. The van der Waals surface area contributed by atoms with Crippen LogP contribution in [0.15, 0.2) is 17.5 Å².